The lowest BCUT2D eigenvalue weighted by atomic mass is 10.3. The summed E-state index contributed by atoms with van der Waals surface area (Å²) in [5.74, 6) is -0.208. The highest BCUT2D eigenvalue weighted by atomic mass is 32.2. The lowest BCUT2D eigenvalue weighted by Crippen LogP contribution is -2.25. The van der Waals surface area contributed by atoms with Gasteiger partial charge in [0.15, 0.2) is 0 Å². The lowest BCUT2D eigenvalue weighted by molar-refractivity contribution is -0.119. The predicted molar refractivity (Wildman–Crippen MR) is 38.6 cm³/mol. The molecule has 1 rings (SSSR count). The van der Waals surface area contributed by atoms with Crippen LogP contribution in [0.3, 0.4) is 0 Å². The van der Waals surface area contributed by atoms with Gasteiger partial charge in [0.1, 0.15) is 0 Å². The molecule has 10 heavy (non-hydrogen) atoms. The van der Waals surface area contributed by atoms with E-state index >= 15 is 0 Å². The van der Waals surface area contributed by atoms with Crippen LogP contribution in [0, 0.1) is 0 Å². The largest absolute Gasteiger partial charge is 0.330 e. The first kappa shape index (κ1) is 7.56. The highest BCUT2D eigenvalue weighted by molar-refractivity contribution is 8.15. The average Bonchev–Trinajstić information content (AvgIpc) is 2.13. The average molecular weight is 160 g/mol. The fourth-order valence-electron chi connectivity index (χ4n) is 0.735. The second-order valence-electron chi connectivity index (χ2n) is 1.96. The number of rotatable bonds is 2. The van der Waals surface area contributed by atoms with Gasteiger partial charge in [0.25, 0.3) is 5.24 Å². The van der Waals surface area contributed by atoms with Gasteiger partial charge in [0, 0.05) is 0 Å². The van der Waals surface area contributed by atoms with Crippen LogP contribution in [0.4, 0.5) is 4.79 Å². The fourth-order valence-corrected chi connectivity index (χ4v) is 1.57. The number of nitrogens with two attached hydrogens (primary N) is 1. The molecule has 56 valence electrons. The first-order chi connectivity index (χ1) is 4.74. The molecule has 3 N–H and O–H groups in total. The molecule has 0 radical (unpaired) electrons. The minimum Gasteiger partial charge on any atom is -0.330 e. The predicted octanol–water partition coefficient (Wildman–Crippen LogP) is -0.313. The Morgan fingerprint density at radius 1 is 1.60 bits per heavy atom. The zero-order valence-corrected chi connectivity index (χ0v) is 6.11. The van der Waals surface area contributed by atoms with Crippen LogP contribution in [-0.4, -0.2) is 22.9 Å². The molecule has 2 amide bonds. The Balaban J connectivity index is 2.46. The van der Waals surface area contributed by atoms with Gasteiger partial charge in [-0.15, -0.1) is 0 Å². The molecular weight excluding hydrogens is 152 g/mol. The van der Waals surface area contributed by atoms with Crippen molar-refractivity contribution in [2.75, 3.05) is 6.54 Å². The molecule has 0 bridgehead atoms. The van der Waals surface area contributed by atoms with Crippen LogP contribution in [0.15, 0.2) is 0 Å². The topological polar surface area (TPSA) is 72.2 Å². The number of thioether (sulfide) groups is 1. The van der Waals surface area contributed by atoms with E-state index in [1.54, 1.807) is 0 Å². The molecule has 5 heteroatoms. The van der Waals surface area contributed by atoms with Crippen LogP contribution in [0.2, 0.25) is 0 Å². The summed E-state index contributed by atoms with van der Waals surface area (Å²) in [5, 5.41) is 1.67. The summed E-state index contributed by atoms with van der Waals surface area (Å²) < 4.78 is 0. The SMILES string of the molecule is NCCC1SC(=O)NC1=O. The van der Waals surface area contributed by atoms with Crippen molar-refractivity contribution in [3.63, 3.8) is 0 Å². The molecule has 1 fully saturated rings. The Morgan fingerprint density at radius 3 is 2.70 bits per heavy atom. The zero-order chi connectivity index (χ0) is 7.56. The van der Waals surface area contributed by atoms with Crippen molar-refractivity contribution in [3.8, 4) is 0 Å². The number of hydrogen-bond donors (Lipinski definition) is 2. The van der Waals surface area contributed by atoms with E-state index in [1.807, 2.05) is 0 Å². The number of imide groups is 1. The van der Waals surface area contributed by atoms with E-state index in [2.05, 4.69) is 5.32 Å². The van der Waals surface area contributed by atoms with Crippen molar-refractivity contribution < 1.29 is 9.59 Å². The summed E-state index contributed by atoms with van der Waals surface area (Å²) in [7, 11) is 0. The minimum atomic E-state index is -0.261. The van der Waals surface area contributed by atoms with Crippen molar-refractivity contribution in [1.82, 2.24) is 5.32 Å². The van der Waals surface area contributed by atoms with Crippen molar-refractivity contribution in [1.29, 1.82) is 0 Å². The number of amides is 2. The molecule has 1 saturated heterocycles. The molecule has 1 atom stereocenters. The smallest absolute Gasteiger partial charge is 0.286 e. The highest BCUT2D eigenvalue weighted by Crippen LogP contribution is 2.20. The molecule has 0 aromatic carbocycles. The van der Waals surface area contributed by atoms with E-state index in [0.29, 0.717) is 13.0 Å². The molecule has 0 aromatic heterocycles. The third-order valence-electron chi connectivity index (χ3n) is 1.20. The fraction of sp³-hybridized carbons (Fsp3) is 0.600. The van der Waals surface area contributed by atoms with Gasteiger partial charge in [0.05, 0.1) is 5.25 Å². The van der Waals surface area contributed by atoms with Crippen LogP contribution in [0.1, 0.15) is 6.42 Å². The van der Waals surface area contributed by atoms with E-state index < -0.39 is 0 Å². The van der Waals surface area contributed by atoms with Gasteiger partial charge in [-0.25, -0.2) is 0 Å². The third-order valence-corrected chi connectivity index (χ3v) is 2.25. The van der Waals surface area contributed by atoms with Gasteiger partial charge in [-0.2, -0.15) is 0 Å². The minimum absolute atomic E-state index is 0.208. The summed E-state index contributed by atoms with van der Waals surface area (Å²) in [6, 6.07) is 0. The van der Waals surface area contributed by atoms with E-state index in [-0.39, 0.29) is 16.4 Å². The highest BCUT2D eigenvalue weighted by Gasteiger charge is 2.30. The summed E-state index contributed by atoms with van der Waals surface area (Å²) in [5.41, 5.74) is 5.21. The Morgan fingerprint density at radius 2 is 2.30 bits per heavy atom. The first-order valence-electron chi connectivity index (χ1n) is 2.95. The van der Waals surface area contributed by atoms with Gasteiger partial charge in [-0.05, 0) is 13.0 Å². The first-order valence-corrected chi connectivity index (χ1v) is 3.83. The zero-order valence-electron chi connectivity index (χ0n) is 5.29. The summed E-state index contributed by atoms with van der Waals surface area (Å²) in [6.07, 6.45) is 0.572. The van der Waals surface area contributed by atoms with Crippen molar-refractivity contribution in [2.45, 2.75) is 11.7 Å². The molecule has 1 aliphatic heterocycles. The van der Waals surface area contributed by atoms with Crippen LogP contribution in [0.5, 0.6) is 0 Å². The third kappa shape index (κ3) is 1.48. The maximum absolute atomic E-state index is 10.8. The van der Waals surface area contributed by atoms with E-state index in [1.165, 1.54) is 0 Å². The molecule has 0 spiro atoms. The number of carbonyl (C=O) groups is 2. The van der Waals surface area contributed by atoms with Crippen LogP contribution in [0.25, 0.3) is 0 Å². The molecule has 1 unspecified atom stereocenters. The van der Waals surface area contributed by atoms with Gasteiger partial charge in [-0.1, -0.05) is 11.8 Å². The maximum Gasteiger partial charge on any atom is 0.286 e. The van der Waals surface area contributed by atoms with Gasteiger partial charge in [-0.3, -0.25) is 14.9 Å². The second-order valence-corrected chi connectivity index (χ2v) is 3.14. The van der Waals surface area contributed by atoms with Crippen molar-refractivity contribution in [2.24, 2.45) is 5.73 Å². The summed E-state index contributed by atoms with van der Waals surface area (Å²) in [6.45, 7) is 0.443. The van der Waals surface area contributed by atoms with Gasteiger partial charge in [0.2, 0.25) is 5.91 Å². The Bertz CT molecular complexity index is 171. The quantitative estimate of drug-likeness (QED) is 0.581. The van der Waals surface area contributed by atoms with Crippen LogP contribution in [-0.2, 0) is 4.79 Å². The second kappa shape index (κ2) is 3.03. The van der Waals surface area contributed by atoms with Crippen LogP contribution < -0.4 is 11.1 Å². The molecule has 0 aromatic rings. The molecular formula is C5H8N2O2S. The van der Waals surface area contributed by atoms with Crippen molar-refractivity contribution >= 4 is 22.9 Å². The Labute approximate surface area is 62.5 Å². The standard InChI is InChI=1S/C5H8N2O2S/c6-2-1-3-4(8)7-5(9)10-3/h3H,1-2,6H2,(H,7,8,9). The van der Waals surface area contributed by atoms with Gasteiger partial charge < -0.3 is 5.73 Å². The normalized spacial score (nSPS) is 25.1. The number of hydrogen-bond acceptors (Lipinski definition) is 4. The van der Waals surface area contributed by atoms with Crippen molar-refractivity contribution in [3.05, 3.63) is 0 Å². The van der Waals surface area contributed by atoms with Crippen LogP contribution >= 0.6 is 11.8 Å². The molecule has 1 aliphatic rings. The van der Waals surface area contributed by atoms with E-state index in [9.17, 15) is 9.59 Å². The molecule has 0 aliphatic carbocycles. The maximum atomic E-state index is 10.8. The molecule has 4 nitrogen and oxygen atoms in total. The van der Waals surface area contributed by atoms with E-state index in [0.717, 1.165) is 11.8 Å². The number of carbonyl (C=O) groups excluding carboxylic acids is 2. The summed E-state index contributed by atoms with van der Waals surface area (Å²) in [4.78, 5) is 21.3. The summed E-state index contributed by atoms with van der Waals surface area (Å²) >= 11 is 1.02. The Hall–Kier alpha value is -0.550. The Kier molecular flexibility index (Phi) is 2.29. The number of nitrogens with one attached hydrogen (secondary N) is 1. The lowest BCUT2D eigenvalue weighted by Gasteiger charge is -1.98. The monoisotopic (exact) mass is 160 g/mol. The van der Waals surface area contributed by atoms with E-state index in [4.69, 9.17) is 5.73 Å². The van der Waals surface area contributed by atoms with Gasteiger partial charge >= 0.3 is 0 Å². The molecule has 1 heterocycles. The molecule has 0 saturated carbocycles.